The minimum absolute atomic E-state index is 0.310. The first-order valence-electron chi connectivity index (χ1n) is 41.6. The van der Waals surface area contributed by atoms with Crippen LogP contribution in [0.3, 0.4) is 0 Å². The maximum absolute atomic E-state index is 13.2. The van der Waals surface area contributed by atoms with Crippen molar-refractivity contribution in [3.05, 3.63) is 398 Å². The van der Waals surface area contributed by atoms with Gasteiger partial charge < -0.3 is 36.5 Å². The zero-order chi connectivity index (χ0) is 81.8. The molecule has 0 radical (unpaired) electrons. The summed E-state index contributed by atoms with van der Waals surface area (Å²) >= 11 is 0. The van der Waals surface area contributed by atoms with Crippen LogP contribution in [-0.2, 0) is 0 Å². The Morgan fingerprint density at radius 2 is 0.323 bits per heavy atom. The first kappa shape index (κ1) is 68.4. The Bertz CT molecular complexity index is 9000. The number of nitriles is 4. The van der Waals surface area contributed by atoms with Crippen molar-refractivity contribution >= 4 is 174 Å². The number of aromatic nitrogens is 8. The lowest BCUT2D eigenvalue weighted by molar-refractivity contribution is 1.02. The summed E-state index contributed by atoms with van der Waals surface area (Å²) in [6, 6.07) is 143. The average molecular weight is 1580 g/mol. The molecule has 8 heterocycles. The molecule has 0 saturated heterocycles. The van der Waals surface area contributed by atoms with Crippen molar-refractivity contribution in [1.29, 1.82) is 21.0 Å². The summed E-state index contributed by atoms with van der Waals surface area (Å²) in [4.78, 5) is 0. The van der Waals surface area contributed by atoms with Gasteiger partial charge in [-0.2, -0.15) is 21.0 Å². The molecule has 0 bridgehead atoms. The fourth-order valence-electron chi connectivity index (χ4n) is 21.4. The number of nitrogens with zero attached hydrogens (tertiary/aromatic N) is 12. The second-order valence-corrected chi connectivity index (χ2v) is 32.1. The van der Waals surface area contributed by atoms with E-state index in [2.05, 4.69) is 425 Å². The van der Waals surface area contributed by atoms with Gasteiger partial charge in [-0.05, 0) is 114 Å². The number of rotatable bonds is 9. The molecule has 26 aromatic rings. The second-order valence-electron chi connectivity index (χ2n) is 32.1. The van der Waals surface area contributed by atoms with E-state index >= 15 is 0 Å². The summed E-state index contributed by atoms with van der Waals surface area (Å²) in [5, 5.41) is 68.0. The second kappa shape index (κ2) is 25.9. The summed E-state index contributed by atoms with van der Waals surface area (Å²) in [6.45, 7) is 0. The van der Waals surface area contributed by atoms with Crippen molar-refractivity contribution in [2.45, 2.75) is 0 Å². The van der Waals surface area contributed by atoms with Crippen molar-refractivity contribution in [2.75, 3.05) is 0 Å². The molecule has 0 unspecified atom stereocenters. The first-order valence-corrected chi connectivity index (χ1v) is 41.6. The molecule has 0 amide bonds. The Morgan fingerprint density at radius 3 is 0.573 bits per heavy atom. The molecule has 0 N–H and O–H groups in total. The Morgan fingerprint density at radius 1 is 0.145 bits per heavy atom. The van der Waals surface area contributed by atoms with Gasteiger partial charge >= 0.3 is 0 Å². The van der Waals surface area contributed by atoms with Crippen molar-refractivity contribution in [3.8, 4) is 80.9 Å². The molecule has 0 aliphatic rings. The smallest absolute Gasteiger partial charge is 0.104 e. The summed E-state index contributed by atoms with van der Waals surface area (Å²) in [7, 11) is 0. The molecule has 12 nitrogen and oxygen atoms in total. The number of hydrogen-bond acceptors (Lipinski definition) is 4. The molecule has 0 fully saturated rings. The highest BCUT2D eigenvalue weighted by Crippen LogP contribution is 2.54. The van der Waals surface area contributed by atoms with E-state index in [0.29, 0.717) is 67.8 Å². The highest BCUT2D eigenvalue weighted by molar-refractivity contribution is 6.22. The van der Waals surface area contributed by atoms with E-state index in [1.54, 1.807) is 0 Å². The highest BCUT2D eigenvalue weighted by Gasteiger charge is 2.38. The zero-order valence-electron chi connectivity index (χ0n) is 66.2. The van der Waals surface area contributed by atoms with Crippen LogP contribution in [0.25, 0.3) is 231 Å². The first-order chi connectivity index (χ1) is 61.5. The van der Waals surface area contributed by atoms with Gasteiger partial charge in [0.15, 0.2) is 0 Å². The van der Waals surface area contributed by atoms with E-state index < -0.39 is 0 Å². The topological polar surface area (TPSA) is 135 Å². The zero-order valence-corrected chi connectivity index (χ0v) is 66.2. The Kier molecular flexibility index (Phi) is 14.3. The number of para-hydroxylation sites is 14. The van der Waals surface area contributed by atoms with Gasteiger partial charge in [0.1, 0.15) is 46.5 Å². The molecule has 26 rings (SSSR count). The molecule has 12 heteroatoms. The molecular formula is C112H62N12. The van der Waals surface area contributed by atoms with E-state index in [4.69, 9.17) is 0 Å². The van der Waals surface area contributed by atoms with Crippen LogP contribution < -0.4 is 0 Å². The van der Waals surface area contributed by atoms with Crippen LogP contribution in [0.5, 0.6) is 0 Å². The van der Waals surface area contributed by atoms with Crippen LogP contribution in [0.4, 0.5) is 0 Å². The summed E-state index contributed by atoms with van der Waals surface area (Å²) in [5.74, 6) is 0. The van der Waals surface area contributed by atoms with Gasteiger partial charge in [-0.3, -0.25) is 0 Å². The molecule has 124 heavy (non-hydrogen) atoms. The summed E-state index contributed by atoms with van der Waals surface area (Å²) in [6.07, 6.45) is 0. The van der Waals surface area contributed by atoms with E-state index in [9.17, 15) is 21.0 Å². The van der Waals surface area contributed by atoms with Gasteiger partial charge in [0, 0.05) is 86.2 Å². The van der Waals surface area contributed by atoms with Crippen molar-refractivity contribution in [3.63, 3.8) is 0 Å². The predicted molar refractivity (Wildman–Crippen MR) is 505 cm³/mol. The SMILES string of the molecule is N#Cc1c(-n2c3ccccc3c3ccccc32)c(-n2c3ccccc3c3ccccc32)c(C#N)c(-n2c3ccccc3c3cc(-c4cccc5c4c4ccccc4n5-c4c(-n5c6ccccc6c6ccccc65)c(C#N)c(-n5c6ccccc6c6ccccc65)c(C#N)c4-n4c5ccccc5c5ccccc54)ccc32)c1-n1c2ccccc2c2ccccc21. The molecular weight excluding hydrogens is 1510 g/mol. The van der Waals surface area contributed by atoms with E-state index in [-0.39, 0.29) is 0 Å². The fraction of sp³-hybridized carbons (Fsp3) is 0. The third kappa shape index (κ3) is 9.02. The van der Waals surface area contributed by atoms with Gasteiger partial charge in [-0.25, -0.2) is 0 Å². The van der Waals surface area contributed by atoms with Gasteiger partial charge in [0.2, 0.25) is 0 Å². The summed E-state index contributed by atoms with van der Waals surface area (Å²) < 4.78 is 18.1. The molecule has 0 atom stereocenters. The lowest BCUT2D eigenvalue weighted by Crippen LogP contribution is -2.16. The Balaban J connectivity index is 0.810. The van der Waals surface area contributed by atoms with Crippen LogP contribution in [0.2, 0.25) is 0 Å². The minimum atomic E-state index is 0.310. The molecule has 0 saturated carbocycles. The molecule has 0 aliphatic carbocycles. The average Bonchev–Trinajstić information content (AvgIpc) is 1.50. The van der Waals surface area contributed by atoms with Crippen LogP contribution in [0.15, 0.2) is 376 Å². The van der Waals surface area contributed by atoms with Gasteiger partial charge in [-0.15, -0.1) is 0 Å². The van der Waals surface area contributed by atoms with Crippen molar-refractivity contribution in [2.24, 2.45) is 0 Å². The fourth-order valence-corrected chi connectivity index (χ4v) is 21.4. The number of benzene rings is 18. The minimum Gasteiger partial charge on any atom is -0.306 e. The van der Waals surface area contributed by atoms with Crippen LogP contribution in [-0.4, -0.2) is 36.5 Å². The molecule has 570 valence electrons. The van der Waals surface area contributed by atoms with Crippen LogP contribution in [0, 0.1) is 45.3 Å². The largest absolute Gasteiger partial charge is 0.306 e. The number of fused-ring (bicyclic) bond motifs is 24. The van der Waals surface area contributed by atoms with E-state index in [0.717, 1.165) is 186 Å². The third-order valence-corrected chi connectivity index (χ3v) is 26.2. The van der Waals surface area contributed by atoms with Gasteiger partial charge in [-0.1, -0.05) is 273 Å². The highest BCUT2D eigenvalue weighted by atomic mass is 15.1. The van der Waals surface area contributed by atoms with Crippen molar-refractivity contribution in [1.82, 2.24) is 36.5 Å². The lowest BCUT2D eigenvalue weighted by atomic mass is 9.97. The van der Waals surface area contributed by atoms with Gasteiger partial charge in [0.05, 0.1) is 134 Å². The monoisotopic (exact) mass is 1570 g/mol. The molecule has 18 aromatic carbocycles. The molecule has 0 aliphatic heterocycles. The van der Waals surface area contributed by atoms with Gasteiger partial charge in [0.25, 0.3) is 0 Å². The Hall–Kier alpha value is -17.7. The maximum Gasteiger partial charge on any atom is 0.104 e. The molecule has 8 aromatic heterocycles. The normalized spacial score (nSPS) is 12.0. The lowest BCUT2D eigenvalue weighted by Gasteiger charge is -2.27. The molecule has 0 spiro atoms. The quantitative estimate of drug-likeness (QED) is 0.142. The van der Waals surface area contributed by atoms with Crippen LogP contribution >= 0.6 is 0 Å². The van der Waals surface area contributed by atoms with E-state index in [1.807, 2.05) is 12.1 Å². The van der Waals surface area contributed by atoms with E-state index in [1.165, 1.54) is 0 Å². The summed E-state index contributed by atoms with van der Waals surface area (Å²) in [5.41, 5.74) is 21.5. The standard InChI is InChI=1S/C112H62N12/c113-63-84-105(117-88-45-15-1-30-69(88)70-31-2-16-46-89(70)117)85(64-114)111(122-98-55-25-11-40-79(98)80-41-12-26-56-99(80)122)112(110(84)121-96-53-23-9-38-77(96)78-39-10-24-54-97(78)121)124-101-58-28-14-43-82(101)104-68(44-29-59-103(104)124)67-60-61-102-83(62-67)81-42-13-27-57-100(81)123(102)109-87(66-116)107(119-92-49-19-5-34-73(92)74-35-6-20-50-93(74)119)106(118-90-47-17-3-32-71(90)72-33-4-18-48-91(72)118)86(65-115)108(109)120-94-51-21-7-36-75(94)76-37-8-22-52-95(76)120/h1-62H. The predicted octanol–water partition coefficient (Wildman–Crippen LogP) is 27.6. The maximum atomic E-state index is 13.2. The third-order valence-electron chi connectivity index (χ3n) is 26.2. The van der Waals surface area contributed by atoms with Crippen molar-refractivity contribution < 1.29 is 0 Å². The Labute approximate surface area is 706 Å². The number of hydrogen-bond donors (Lipinski definition) is 0. The van der Waals surface area contributed by atoms with Crippen LogP contribution in [0.1, 0.15) is 22.3 Å².